The first-order chi connectivity index (χ1) is 13.0. The Bertz CT molecular complexity index is 992. The molecule has 3 aromatic rings. The first-order valence-corrected chi connectivity index (χ1v) is 9.01. The summed E-state index contributed by atoms with van der Waals surface area (Å²) in [6.45, 7) is 4.06. The average molecular weight is 427 g/mol. The predicted octanol–water partition coefficient (Wildman–Crippen LogP) is 3.94. The zero-order valence-electron chi connectivity index (χ0n) is 14.9. The highest BCUT2D eigenvalue weighted by atomic mass is 79.9. The lowest BCUT2D eigenvalue weighted by Gasteiger charge is -2.15. The fourth-order valence-electron chi connectivity index (χ4n) is 2.44. The third-order valence-corrected chi connectivity index (χ3v) is 4.85. The molecule has 0 unspecified atom stereocenters. The van der Waals surface area contributed by atoms with Crippen molar-refractivity contribution < 1.29 is 4.79 Å². The Morgan fingerprint density at radius 1 is 1.04 bits per heavy atom. The van der Waals surface area contributed by atoms with Crippen LogP contribution in [0.15, 0.2) is 53.3 Å². The van der Waals surface area contributed by atoms with Crippen molar-refractivity contribution in [2.45, 2.75) is 13.8 Å². The van der Waals surface area contributed by atoms with E-state index in [1.165, 1.54) is 6.33 Å². The maximum Gasteiger partial charge on any atom is 0.270 e. The van der Waals surface area contributed by atoms with Crippen LogP contribution in [0.2, 0.25) is 0 Å². The summed E-state index contributed by atoms with van der Waals surface area (Å²) in [6.07, 6.45) is 1.37. The molecule has 0 saturated heterocycles. The SMILES string of the molecule is Cc1cccc(Nc2ncnc(NNC(=O)c3ccccc3Br)c2N)c1C. The predicted molar refractivity (Wildman–Crippen MR) is 111 cm³/mol. The van der Waals surface area contributed by atoms with Gasteiger partial charge in [0.05, 0.1) is 5.56 Å². The van der Waals surface area contributed by atoms with E-state index in [0.717, 1.165) is 16.8 Å². The van der Waals surface area contributed by atoms with Crippen LogP contribution >= 0.6 is 15.9 Å². The summed E-state index contributed by atoms with van der Waals surface area (Å²) in [5.41, 5.74) is 15.5. The topological polar surface area (TPSA) is 105 Å². The number of aryl methyl sites for hydroxylation is 1. The largest absolute Gasteiger partial charge is 0.393 e. The van der Waals surface area contributed by atoms with Gasteiger partial charge in [-0.05, 0) is 59.1 Å². The number of hydrogen-bond acceptors (Lipinski definition) is 6. The number of hydrogen-bond donors (Lipinski definition) is 4. The lowest BCUT2D eigenvalue weighted by atomic mass is 10.1. The van der Waals surface area contributed by atoms with Gasteiger partial charge in [-0.3, -0.25) is 15.6 Å². The van der Waals surface area contributed by atoms with Crippen molar-refractivity contribution in [2.24, 2.45) is 0 Å². The summed E-state index contributed by atoms with van der Waals surface area (Å²) >= 11 is 3.35. The van der Waals surface area contributed by atoms with Gasteiger partial charge >= 0.3 is 0 Å². The van der Waals surface area contributed by atoms with E-state index < -0.39 is 0 Å². The van der Waals surface area contributed by atoms with E-state index in [1.54, 1.807) is 18.2 Å². The first kappa shape index (κ1) is 18.7. The van der Waals surface area contributed by atoms with Gasteiger partial charge in [0.2, 0.25) is 0 Å². The highest BCUT2D eigenvalue weighted by Crippen LogP contribution is 2.28. The third kappa shape index (κ3) is 4.17. The summed E-state index contributed by atoms with van der Waals surface area (Å²) in [5, 5.41) is 3.21. The number of benzene rings is 2. The number of halogens is 1. The summed E-state index contributed by atoms with van der Waals surface area (Å²) in [6, 6.07) is 13.1. The number of nitrogens with two attached hydrogens (primary N) is 1. The van der Waals surface area contributed by atoms with Crippen LogP contribution in [-0.4, -0.2) is 15.9 Å². The smallest absolute Gasteiger partial charge is 0.270 e. The Kier molecular flexibility index (Phi) is 5.56. The molecule has 0 aliphatic heterocycles. The molecule has 0 spiro atoms. The van der Waals surface area contributed by atoms with E-state index in [1.807, 2.05) is 38.1 Å². The second-order valence-electron chi connectivity index (χ2n) is 5.92. The molecule has 138 valence electrons. The first-order valence-electron chi connectivity index (χ1n) is 8.22. The number of hydrazine groups is 1. The molecule has 1 amide bonds. The molecule has 2 aromatic carbocycles. The van der Waals surface area contributed by atoms with E-state index in [-0.39, 0.29) is 5.91 Å². The standard InChI is InChI=1S/C19H19BrN6O/c1-11-6-5-9-15(12(11)2)24-17-16(21)18(23-10-22-17)25-26-19(27)13-7-3-4-8-14(13)20/h3-10H,21H2,1-2H3,(H,26,27)(H2,22,23,24,25). The van der Waals surface area contributed by atoms with Crippen molar-refractivity contribution in [1.82, 2.24) is 15.4 Å². The van der Waals surface area contributed by atoms with Crippen LogP contribution in [0.3, 0.4) is 0 Å². The molecule has 0 radical (unpaired) electrons. The van der Waals surface area contributed by atoms with E-state index in [9.17, 15) is 4.79 Å². The number of carbonyl (C=O) groups excluding carboxylic acids is 1. The van der Waals surface area contributed by atoms with Crippen LogP contribution < -0.4 is 21.9 Å². The summed E-state index contributed by atoms with van der Waals surface area (Å²) in [5.74, 6) is 0.444. The number of amides is 1. The van der Waals surface area contributed by atoms with Crippen molar-refractivity contribution in [2.75, 3.05) is 16.5 Å². The molecule has 0 atom stereocenters. The molecule has 8 heteroatoms. The summed E-state index contributed by atoms with van der Waals surface area (Å²) in [7, 11) is 0. The number of anilines is 4. The highest BCUT2D eigenvalue weighted by molar-refractivity contribution is 9.10. The third-order valence-electron chi connectivity index (χ3n) is 4.15. The maximum absolute atomic E-state index is 12.3. The van der Waals surface area contributed by atoms with E-state index >= 15 is 0 Å². The van der Waals surface area contributed by atoms with Crippen molar-refractivity contribution in [1.29, 1.82) is 0 Å². The molecule has 5 N–H and O–H groups in total. The highest BCUT2D eigenvalue weighted by Gasteiger charge is 2.13. The fourth-order valence-corrected chi connectivity index (χ4v) is 2.90. The van der Waals surface area contributed by atoms with E-state index in [0.29, 0.717) is 27.4 Å². The van der Waals surface area contributed by atoms with Gasteiger partial charge in [-0.25, -0.2) is 9.97 Å². The number of nitrogen functional groups attached to an aromatic ring is 1. The molecule has 1 aromatic heterocycles. The molecule has 0 fully saturated rings. The molecule has 27 heavy (non-hydrogen) atoms. The van der Waals surface area contributed by atoms with Crippen molar-refractivity contribution in [3.8, 4) is 0 Å². The fraction of sp³-hybridized carbons (Fsp3) is 0.105. The molecular formula is C19H19BrN6O. The van der Waals surface area contributed by atoms with Crippen LogP contribution in [0.25, 0.3) is 0 Å². The second kappa shape index (κ2) is 8.05. The minimum Gasteiger partial charge on any atom is -0.393 e. The Labute approximate surface area is 165 Å². The number of rotatable bonds is 5. The average Bonchev–Trinajstić information content (AvgIpc) is 2.66. The number of carbonyl (C=O) groups is 1. The molecule has 0 aliphatic rings. The number of aromatic nitrogens is 2. The van der Waals surface area contributed by atoms with Gasteiger partial charge in [-0.15, -0.1) is 0 Å². The van der Waals surface area contributed by atoms with Gasteiger partial charge in [0, 0.05) is 10.2 Å². The van der Waals surface area contributed by atoms with Crippen molar-refractivity contribution >= 4 is 44.8 Å². The summed E-state index contributed by atoms with van der Waals surface area (Å²) < 4.78 is 0.692. The molecule has 0 bridgehead atoms. The number of nitrogens with zero attached hydrogens (tertiary/aromatic N) is 2. The molecule has 3 rings (SSSR count). The van der Waals surface area contributed by atoms with E-state index in [2.05, 4.69) is 42.1 Å². The minimum absolute atomic E-state index is 0.297. The normalized spacial score (nSPS) is 10.3. The lowest BCUT2D eigenvalue weighted by molar-refractivity contribution is 0.0961. The van der Waals surface area contributed by atoms with Crippen LogP contribution in [-0.2, 0) is 0 Å². The lowest BCUT2D eigenvalue weighted by Crippen LogP contribution is -2.30. The zero-order valence-corrected chi connectivity index (χ0v) is 16.5. The molecule has 1 heterocycles. The zero-order chi connectivity index (χ0) is 19.4. The molecule has 7 nitrogen and oxygen atoms in total. The van der Waals surface area contributed by atoms with Gasteiger partial charge < -0.3 is 11.1 Å². The summed E-state index contributed by atoms with van der Waals surface area (Å²) in [4.78, 5) is 20.6. The minimum atomic E-state index is -0.315. The molecule has 0 aliphatic carbocycles. The van der Waals surface area contributed by atoms with Gasteiger partial charge in [-0.1, -0.05) is 24.3 Å². The monoisotopic (exact) mass is 426 g/mol. The number of nitrogens with one attached hydrogen (secondary N) is 3. The molecular weight excluding hydrogens is 408 g/mol. The van der Waals surface area contributed by atoms with Crippen molar-refractivity contribution in [3.63, 3.8) is 0 Å². The van der Waals surface area contributed by atoms with E-state index in [4.69, 9.17) is 5.73 Å². The Balaban J connectivity index is 1.76. The van der Waals surface area contributed by atoms with Crippen molar-refractivity contribution in [3.05, 3.63) is 70.0 Å². The van der Waals surface area contributed by atoms with Gasteiger partial charge in [-0.2, -0.15) is 0 Å². The van der Waals surface area contributed by atoms with Crippen LogP contribution in [0, 0.1) is 13.8 Å². The van der Waals surface area contributed by atoms with Gasteiger partial charge in [0.25, 0.3) is 5.91 Å². The van der Waals surface area contributed by atoms with Crippen LogP contribution in [0.1, 0.15) is 21.5 Å². The van der Waals surface area contributed by atoms with Crippen LogP contribution in [0.5, 0.6) is 0 Å². The maximum atomic E-state index is 12.3. The Hall–Kier alpha value is -3.13. The Morgan fingerprint density at radius 2 is 1.78 bits per heavy atom. The Morgan fingerprint density at radius 3 is 2.56 bits per heavy atom. The van der Waals surface area contributed by atoms with Gasteiger partial charge in [0.15, 0.2) is 11.6 Å². The second-order valence-corrected chi connectivity index (χ2v) is 6.77. The molecule has 0 saturated carbocycles. The van der Waals surface area contributed by atoms with Crippen LogP contribution in [0.4, 0.5) is 23.0 Å². The quantitative estimate of drug-likeness (QED) is 0.460. The van der Waals surface area contributed by atoms with Gasteiger partial charge in [0.1, 0.15) is 12.0 Å².